The summed E-state index contributed by atoms with van der Waals surface area (Å²) in [4.78, 5) is 0. The van der Waals surface area contributed by atoms with E-state index in [0.717, 1.165) is 12.8 Å². The molecule has 0 radical (unpaired) electrons. The predicted octanol–water partition coefficient (Wildman–Crippen LogP) is 4.10. The van der Waals surface area contributed by atoms with Crippen molar-refractivity contribution in [3.63, 3.8) is 0 Å². The Morgan fingerprint density at radius 1 is 1.13 bits per heavy atom. The van der Waals surface area contributed by atoms with E-state index in [1.54, 1.807) is 5.82 Å². The summed E-state index contributed by atoms with van der Waals surface area (Å²) in [6, 6.07) is 0. The Kier molecular flexibility index (Phi) is 5.59. The fraction of sp³-hybridized carbons (Fsp3) is 0.818. The molecule has 0 unspecified atom stereocenters. The van der Waals surface area contributed by atoms with Crippen molar-refractivity contribution >= 4 is 7.60 Å². The Labute approximate surface area is 92.4 Å². The van der Waals surface area contributed by atoms with Gasteiger partial charge < -0.3 is 9.05 Å². The summed E-state index contributed by atoms with van der Waals surface area (Å²) < 4.78 is 22.6. The van der Waals surface area contributed by atoms with E-state index in [0.29, 0.717) is 13.2 Å². The third kappa shape index (κ3) is 4.50. The van der Waals surface area contributed by atoms with Crippen molar-refractivity contribution in [1.29, 1.82) is 0 Å². The highest BCUT2D eigenvalue weighted by atomic mass is 31.2. The van der Waals surface area contributed by atoms with E-state index in [1.165, 1.54) is 24.8 Å². The molecular weight excluding hydrogens is 211 g/mol. The Bertz CT molecular complexity index is 243. The van der Waals surface area contributed by atoms with Crippen LogP contribution in [0, 0.1) is 0 Å². The second-order valence-electron chi connectivity index (χ2n) is 3.72. The molecule has 0 aliphatic heterocycles. The zero-order chi connectivity index (χ0) is 11.1. The molecule has 0 aromatic rings. The molecule has 0 heterocycles. The van der Waals surface area contributed by atoms with Crippen molar-refractivity contribution in [2.24, 2.45) is 0 Å². The van der Waals surface area contributed by atoms with Gasteiger partial charge in [-0.15, -0.1) is 0 Å². The van der Waals surface area contributed by atoms with Crippen LogP contribution in [0.3, 0.4) is 0 Å². The third-order valence-corrected chi connectivity index (χ3v) is 4.37. The van der Waals surface area contributed by atoms with Crippen molar-refractivity contribution in [1.82, 2.24) is 0 Å². The third-order valence-electron chi connectivity index (χ3n) is 2.45. The first-order valence-corrected chi connectivity index (χ1v) is 7.41. The molecule has 0 saturated heterocycles. The van der Waals surface area contributed by atoms with E-state index in [9.17, 15) is 4.57 Å². The van der Waals surface area contributed by atoms with Crippen LogP contribution in [0.1, 0.15) is 46.0 Å². The monoisotopic (exact) mass is 232 g/mol. The Morgan fingerprint density at radius 3 is 2.13 bits per heavy atom. The van der Waals surface area contributed by atoms with Gasteiger partial charge in [0.15, 0.2) is 0 Å². The summed E-state index contributed by atoms with van der Waals surface area (Å²) in [6.07, 6.45) is 5.77. The first-order valence-electron chi connectivity index (χ1n) is 5.79. The molecule has 0 aromatic carbocycles. The average Bonchev–Trinajstić information content (AvgIpc) is 2.19. The van der Waals surface area contributed by atoms with Crippen LogP contribution in [0.15, 0.2) is 11.4 Å². The smallest absolute Gasteiger partial charge is 0.306 e. The lowest BCUT2D eigenvalue weighted by Crippen LogP contribution is -1.97. The average molecular weight is 232 g/mol. The minimum absolute atomic E-state index is 0.432. The standard InChI is InChI=1S/C11H21O3P/c1-3-13-15(12,14-4-2)10-11-8-6-5-7-9-11/h10H,3-9H2,1-2H3. The Morgan fingerprint density at radius 2 is 1.67 bits per heavy atom. The largest absolute Gasteiger partial charge is 0.354 e. The SMILES string of the molecule is CCOP(=O)(C=C1CCCCC1)OCC. The molecule has 0 aromatic heterocycles. The zero-order valence-electron chi connectivity index (χ0n) is 9.70. The van der Waals surface area contributed by atoms with Gasteiger partial charge in [-0.2, -0.15) is 0 Å². The van der Waals surface area contributed by atoms with E-state index in [1.807, 2.05) is 13.8 Å². The molecule has 0 spiro atoms. The maximum absolute atomic E-state index is 12.2. The highest BCUT2D eigenvalue weighted by Gasteiger charge is 2.21. The summed E-state index contributed by atoms with van der Waals surface area (Å²) in [5.74, 6) is 1.75. The second-order valence-corrected chi connectivity index (χ2v) is 5.58. The van der Waals surface area contributed by atoms with Crippen LogP contribution in [0.25, 0.3) is 0 Å². The lowest BCUT2D eigenvalue weighted by atomic mass is 9.96. The molecule has 88 valence electrons. The van der Waals surface area contributed by atoms with Gasteiger partial charge in [-0.1, -0.05) is 12.0 Å². The second kappa shape index (κ2) is 6.47. The van der Waals surface area contributed by atoms with Crippen LogP contribution in [0.4, 0.5) is 0 Å². The first-order chi connectivity index (χ1) is 7.20. The maximum atomic E-state index is 12.2. The van der Waals surface area contributed by atoms with Gasteiger partial charge in [0, 0.05) is 5.82 Å². The lowest BCUT2D eigenvalue weighted by Gasteiger charge is -2.18. The molecule has 1 rings (SSSR count). The lowest BCUT2D eigenvalue weighted by molar-refractivity contribution is 0.228. The summed E-state index contributed by atoms with van der Waals surface area (Å²) in [6.45, 7) is 4.54. The minimum Gasteiger partial charge on any atom is -0.306 e. The molecule has 1 aliphatic carbocycles. The topological polar surface area (TPSA) is 35.5 Å². The van der Waals surface area contributed by atoms with Crippen molar-refractivity contribution < 1.29 is 13.6 Å². The van der Waals surface area contributed by atoms with Crippen molar-refractivity contribution in [2.75, 3.05) is 13.2 Å². The van der Waals surface area contributed by atoms with E-state index in [-0.39, 0.29) is 0 Å². The van der Waals surface area contributed by atoms with Gasteiger partial charge in [0.2, 0.25) is 0 Å². The summed E-state index contributed by atoms with van der Waals surface area (Å²) in [5.41, 5.74) is 1.24. The van der Waals surface area contributed by atoms with Gasteiger partial charge in [-0.25, -0.2) is 0 Å². The fourth-order valence-corrected chi connectivity index (χ4v) is 3.48. The highest BCUT2D eigenvalue weighted by molar-refractivity contribution is 7.57. The number of hydrogen-bond acceptors (Lipinski definition) is 3. The Balaban J connectivity index is 2.66. The summed E-state index contributed by atoms with van der Waals surface area (Å²) >= 11 is 0. The van der Waals surface area contributed by atoms with Crippen LogP contribution < -0.4 is 0 Å². The van der Waals surface area contributed by atoms with E-state index in [2.05, 4.69) is 0 Å². The summed E-state index contributed by atoms with van der Waals surface area (Å²) in [5, 5.41) is 0. The Hall–Kier alpha value is -0.110. The number of allylic oxidation sites excluding steroid dienone is 1. The number of rotatable bonds is 5. The molecule has 0 atom stereocenters. The molecule has 4 heteroatoms. The molecule has 3 nitrogen and oxygen atoms in total. The molecule has 0 N–H and O–H groups in total. The van der Waals surface area contributed by atoms with Gasteiger partial charge >= 0.3 is 7.60 Å². The highest BCUT2D eigenvalue weighted by Crippen LogP contribution is 2.51. The fourth-order valence-electron chi connectivity index (χ4n) is 1.83. The predicted molar refractivity (Wildman–Crippen MR) is 62.0 cm³/mol. The molecule has 1 saturated carbocycles. The summed E-state index contributed by atoms with van der Waals surface area (Å²) in [7, 11) is -2.95. The van der Waals surface area contributed by atoms with Crippen LogP contribution in [-0.2, 0) is 13.6 Å². The van der Waals surface area contributed by atoms with Crippen LogP contribution in [0.5, 0.6) is 0 Å². The molecule has 1 fully saturated rings. The van der Waals surface area contributed by atoms with Gasteiger partial charge in [-0.05, 0) is 39.5 Å². The first kappa shape index (κ1) is 13.0. The molecule has 0 bridgehead atoms. The van der Waals surface area contributed by atoms with Crippen LogP contribution in [0.2, 0.25) is 0 Å². The van der Waals surface area contributed by atoms with Gasteiger partial charge in [-0.3, -0.25) is 4.57 Å². The van der Waals surface area contributed by atoms with Crippen molar-refractivity contribution in [2.45, 2.75) is 46.0 Å². The molecule has 1 aliphatic rings. The van der Waals surface area contributed by atoms with E-state index >= 15 is 0 Å². The van der Waals surface area contributed by atoms with Gasteiger partial charge in [0.1, 0.15) is 0 Å². The van der Waals surface area contributed by atoms with Crippen LogP contribution in [-0.4, -0.2) is 13.2 Å². The normalized spacial score (nSPS) is 17.9. The van der Waals surface area contributed by atoms with E-state index < -0.39 is 7.60 Å². The molecule has 0 amide bonds. The van der Waals surface area contributed by atoms with Crippen molar-refractivity contribution in [3.05, 3.63) is 11.4 Å². The number of hydrogen-bond donors (Lipinski definition) is 0. The quantitative estimate of drug-likeness (QED) is 0.669. The zero-order valence-corrected chi connectivity index (χ0v) is 10.6. The maximum Gasteiger partial charge on any atom is 0.354 e. The van der Waals surface area contributed by atoms with Crippen LogP contribution >= 0.6 is 7.60 Å². The molecular formula is C11H21O3P. The van der Waals surface area contributed by atoms with E-state index in [4.69, 9.17) is 9.05 Å². The van der Waals surface area contributed by atoms with Gasteiger partial charge in [0.05, 0.1) is 13.2 Å². The van der Waals surface area contributed by atoms with Gasteiger partial charge in [0.25, 0.3) is 0 Å². The van der Waals surface area contributed by atoms with Crippen molar-refractivity contribution in [3.8, 4) is 0 Å². The minimum atomic E-state index is -2.95. The molecule has 15 heavy (non-hydrogen) atoms.